The molecule has 1 aliphatic heterocycles. The maximum atomic E-state index is 13.0. The van der Waals surface area contributed by atoms with Crippen molar-refractivity contribution in [3.05, 3.63) is 58.4 Å². The summed E-state index contributed by atoms with van der Waals surface area (Å²) in [5.74, 6) is 2.56. The lowest BCUT2D eigenvalue weighted by Crippen LogP contribution is -2.45. The second-order valence-electron chi connectivity index (χ2n) is 9.19. The molecule has 154 valence electrons. The van der Waals surface area contributed by atoms with Gasteiger partial charge in [-0.05, 0) is 67.2 Å². The van der Waals surface area contributed by atoms with Gasteiger partial charge in [0.2, 0.25) is 0 Å². The number of carbonyl (C=O) groups excluding carboxylic acids is 1. The van der Waals surface area contributed by atoms with Crippen LogP contribution in [0.4, 0.5) is 0 Å². The van der Waals surface area contributed by atoms with Gasteiger partial charge < -0.3 is 10.2 Å². The average Bonchev–Trinajstić information content (AvgIpc) is 3.09. The molecule has 2 aromatic heterocycles. The SMILES string of the molecule is Cc1nc(C2CC2c2ccc(C(=O)N(C)[C@@H]3C[C@H]4C[C@@H]3CN4)cc2)c2ccsc2n1. The van der Waals surface area contributed by atoms with E-state index in [0.717, 1.165) is 35.6 Å². The van der Waals surface area contributed by atoms with Gasteiger partial charge in [-0.2, -0.15) is 0 Å². The smallest absolute Gasteiger partial charge is 0.253 e. The lowest BCUT2D eigenvalue weighted by Gasteiger charge is -2.31. The molecule has 30 heavy (non-hydrogen) atoms. The first kappa shape index (κ1) is 18.5. The Hall–Kier alpha value is -2.31. The molecule has 2 bridgehead atoms. The fourth-order valence-electron chi connectivity index (χ4n) is 5.65. The first-order valence-corrected chi connectivity index (χ1v) is 11.8. The van der Waals surface area contributed by atoms with E-state index < -0.39 is 0 Å². The summed E-state index contributed by atoms with van der Waals surface area (Å²) in [4.78, 5) is 25.4. The molecule has 1 saturated heterocycles. The highest BCUT2D eigenvalue weighted by Crippen LogP contribution is 2.55. The molecule has 2 saturated carbocycles. The van der Waals surface area contributed by atoms with Crippen LogP contribution in [0.3, 0.4) is 0 Å². The Balaban J connectivity index is 1.18. The van der Waals surface area contributed by atoms with E-state index in [9.17, 15) is 4.79 Å². The number of aromatic nitrogens is 2. The van der Waals surface area contributed by atoms with Gasteiger partial charge in [0, 0.05) is 42.5 Å². The second-order valence-corrected chi connectivity index (χ2v) is 10.1. The van der Waals surface area contributed by atoms with Crippen molar-refractivity contribution < 1.29 is 4.79 Å². The van der Waals surface area contributed by atoms with Crippen molar-refractivity contribution in [2.75, 3.05) is 13.6 Å². The average molecular weight is 419 g/mol. The van der Waals surface area contributed by atoms with Gasteiger partial charge in [-0.25, -0.2) is 9.97 Å². The molecule has 1 amide bonds. The van der Waals surface area contributed by atoms with E-state index in [1.54, 1.807) is 11.3 Å². The predicted octanol–water partition coefficient (Wildman–Crippen LogP) is 4.09. The van der Waals surface area contributed by atoms with Gasteiger partial charge in [0.1, 0.15) is 10.7 Å². The van der Waals surface area contributed by atoms with Gasteiger partial charge >= 0.3 is 0 Å². The molecule has 3 heterocycles. The third kappa shape index (κ3) is 2.96. The van der Waals surface area contributed by atoms with E-state index in [1.807, 2.05) is 31.0 Å². The Kier molecular flexibility index (Phi) is 4.22. The number of benzene rings is 1. The topological polar surface area (TPSA) is 58.1 Å². The summed E-state index contributed by atoms with van der Waals surface area (Å²) < 4.78 is 0. The lowest BCUT2D eigenvalue weighted by molar-refractivity contribution is 0.0685. The van der Waals surface area contributed by atoms with Crippen molar-refractivity contribution in [2.45, 2.75) is 50.1 Å². The second kappa shape index (κ2) is 6.86. The number of carbonyl (C=O) groups is 1. The first-order valence-electron chi connectivity index (χ1n) is 10.9. The minimum atomic E-state index is 0.151. The van der Waals surface area contributed by atoms with Gasteiger partial charge in [-0.1, -0.05) is 12.1 Å². The molecule has 3 aliphatic rings. The molecule has 1 aromatic carbocycles. The molecule has 5 atom stereocenters. The highest BCUT2D eigenvalue weighted by Gasteiger charge is 2.43. The fourth-order valence-corrected chi connectivity index (χ4v) is 6.46. The molecule has 2 unspecified atom stereocenters. The van der Waals surface area contributed by atoms with Gasteiger partial charge in [0.25, 0.3) is 5.91 Å². The van der Waals surface area contributed by atoms with E-state index in [0.29, 0.717) is 29.8 Å². The monoisotopic (exact) mass is 418 g/mol. The van der Waals surface area contributed by atoms with Crippen LogP contribution in [-0.4, -0.2) is 46.5 Å². The molecular formula is C24H26N4OS. The zero-order valence-corrected chi connectivity index (χ0v) is 18.2. The van der Waals surface area contributed by atoms with Gasteiger partial charge in [0.05, 0.1) is 5.69 Å². The van der Waals surface area contributed by atoms with E-state index in [1.165, 1.54) is 23.1 Å². The minimum absolute atomic E-state index is 0.151. The predicted molar refractivity (Wildman–Crippen MR) is 119 cm³/mol. The molecule has 6 rings (SSSR count). The number of fused-ring (bicyclic) bond motifs is 3. The zero-order valence-electron chi connectivity index (χ0n) is 17.3. The van der Waals surface area contributed by atoms with Gasteiger partial charge in [0.15, 0.2) is 0 Å². The number of hydrogen-bond acceptors (Lipinski definition) is 5. The molecule has 6 heteroatoms. The number of hydrogen-bond donors (Lipinski definition) is 1. The summed E-state index contributed by atoms with van der Waals surface area (Å²) in [6.45, 7) is 3.03. The number of thiophene rings is 1. The van der Waals surface area contributed by atoms with Gasteiger partial charge in [-0.3, -0.25) is 4.79 Å². The van der Waals surface area contributed by atoms with Crippen LogP contribution in [0.25, 0.3) is 10.2 Å². The molecule has 3 fully saturated rings. The van der Waals surface area contributed by atoms with Crippen molar-refractivity contribution in [2.24, 2.45) is 5.92 Å². The van der Waals surface area contributed by atoms with Crippen molar-refractivity contribution in [1.82, 2.24) is 20.2 Å². The summed E-state index contributed by atoms with van der Waals surface area (Å²) in [5.41, 5.74) is 3.30. The first-order chi connectivity index (χ1) is 14.6. The summed E-state index contributed by atoms with van der Waals surface area (Å²) in [6.07, 6.45) is 3.42. The quantitative estimate of drug-likeness (QED) is 0.693. The maximum absolute atomic E-state index is 13.0. The Morgan fingerprint density at radius 2 is 1.93 bits per heavy atom. The van der Waals surface area contributed by atoms with Crippen LogP contribution in [-0.2, 0) is 0 Å². The number of piperidine rings is 1. The number of amides is 1. The number of nitrogens with zero attached hydrogens (tertiary/aromatic N) is 3. The molecule has 0 spiro atoms. The van der Waals surface area contributed by atoms with Crippen LogP contribution in [0.1, 0.15) is 58.5 Å². The number of aryl methyl sites for hydroxylation is 1. The Labute approximate surface area is 180 Å². The summed E-state index contributed by atoms with van der Waals surface area (Å²) in [5, 5.41) is 6.83. The van der Waals surface area contributed by atoms with Crippen LogP contribution in [0, 0.1) is 12.8 Å². The van der Waals surface area contributed by atoms with E-state index in [-0.39, 0.29) is 5.91 Å². The van der Waals surface area contributed by atoms with E-state index in [2.05, 4.69) is 33.9 Å². The fraction of sp³-hybridized carbons (Fsp3) is 0.458. The number of nitrogens with one attached hydrogen (secondary N) is 1. The van der Waals surface area contributed by atoms with Crippen molar-refractivity contribution in [1.29, 1.82) is 0 Å². The normalized spacial score (nSPS) is 29.5. The summed E-state index contributed by atoms with van der Waals surface area (Å²) in [7, 11) is 1.97. The number of rotatable bonds is 4. The molecule has 5 nitrogen and oxygen atoms in total. The molecular weight excluding hydrogens is 392 g/mol. The van der Waals surface area contributed by atoms with Crippen LogP contribution in [0.5, 0.6) is 0 Å². The third-order valence-corrected chi connectivity index (χ3v) is 8.14. The van der Waals surface area contributed by atoms with Gasteiger partial charge in [-0.15, -0.1) is 11.3 Å². The van der Waals surface area contributed by atoms with Crippen LogP contribution in [0.15, 0.2) is 35.7 Å². The van der Waals surface area contributed by atoms with Crippen LogP contribution >= 0.6 is 11.3 Å². The van der Waals surface area contributed by atoms with E-state index >= 15 is 0 Å². The van der Waals surface area contributed by atoms with Crippen molar-refractivity contribution in [3.8, 4) is 0 Å². The minimum Gasteiger partial charge on any atom is -0.338 e. The highest BCUT2D eigenvalue weighted by molar-refractivity contribution is 7.16. The van der Waals surface area contributed by atoms with Crippen molar-refractivity contribution >= 4 is 27.5 Å². The molecule has 0 radical (unpaired) electrons. The lowest BCUT2D eigenvalue weighted by atomic mass is 10.0. The van der Waals surface area contributed by atoms with Crippen LogP contribution in [0.2, 0.25) is 0 Å². The maximum Gasteiger partial charge on any atom is 0.253 e. The van der Waals surface area contributed by atoms with Crippen molar-refractivity contribution in [3.63, 3.8) is 0 Å². The van der Waals surface area contributed by atoms with Crippen LogP contribution < -0.4 is 5.32 Å². The molecule has 2 aliphatic carbocycles. The Bertz CT molecular complexity index is 1120. The summed E-state index contributed by atoms with van der Waals surface area (Å²) in [6, 6.07) is 11.4. The Morgan fingerprint density at radius 1 is 1.10 bits per heavy atom. The standard InChI is InChI=1S/C24H26N4OS/c1-13-26-22(18-7-8-30-23(18)27-13)20-11-19(20)14-3-5-15(6-4-14)24(29)28(2)21-10-17-9-16(21)12-25-17/h3-8,16-17,19-21,25H,9-12H2,1-2H3/t16-,17-,19?,20?,21-/m1/s1. The zero-order chi connectivity index (χ0) is 20.4. The highest BCUT2D eigenvalue weighted by atomic mass is 32.1. The third-order valence-electron chi connectivity index (χ3n) is 7.34. The Morgan fingerprint density at radius 3 is 2.67 bits per heavy atom. The van der Waals surface area contributed by atoms with E-state index in [4.69, 9.17) is 4.98 Å². The summed E-state index contributed by atoms with van der Waals surface area (Å²) >= 11 is 1.68. The molecule has 1 N–H and O–H groups in total. The molecule has 3 aromatic rings. The largest absolute Gasteiger partial charge is 0.338 e.